The van der Waals surface area contributed by atoms with Crippen LogP contribution in [0.2, 0.25) is 0 Å². The van der Waals surface area contributed by atoms with Crippen molar-refractivity contribution in [1.29, 1.82) is 0 Å². The number of ether oxygens (including phenoxy) is 3. The summed E-state index contributed by atoms with van der Waals surface area (Å²) in [5.74, 6) is 1.89. The van der Waals surface area contributed by atoms with Crippen molar-refractivity contribution in [2.45, 2.75) is 6.42 Å². The Kier molecular flexibility index (Phi) is 4.89. The van der Waals surface area contributed by atoms with Gasteiger partial charge in [0, 0.05) is 10.0 Å². The maximum Gasteiger partial charge on any atom is 0.203 e. The third-order valence-electron chi connectivity index (χ3n) is 2.27. The van der Waals surface area contributed by atoms with Crippen molar-refractivity contribution < 1.29 is 14.2 Å². The van der Waals surface area contributed by atoms with E-state index in [1.807, 2.05) is 6.07 Å². The van der Waals surface area contributed by atoms with Crippen LogP contribution in [-0.2, 0) is 6.42 Å². The molecule has 0 amide bonds. The van der Waals surface area contributed by atoms with Crippen molar-refractivity contribution in [1.82, 2.24) is 0 Å². The van der Waals surface area contributed by atoms with E-state index in [-0.39, 0.29) is 0 Å². The molecule has 0 radical (unpaired) electrons. The van der Waals surface area contributed by atoms with Gasteiger partial charge in [-0.3, -0.25) is 0 Å². The van der Waals surface area contributed by atoms with Crippen LogP contribution in [0.25, 0.3) is 0 Å². The number of hydrogen-bond donors (Lipinski definition) is 1. The lowest BCUT2D eigenvalue weighted by atomic mass is 10.1. The van der Waals surface area contributed by atoms with Gasteiger partial charge in [0.15, 0.2) is 11.5 Å². The van der Waals surface area contributed by atoms with Crippen LogP contribution < -0.4 is 19.9 Å². The van der Waals surface area contributed by atoms with Gasteiger partial charge in [-0.05, 0) is 19.0 Å². The second-order valence-electron chi connectivity index (χ2n) is 3.14. The Balaban J connectivity index is 3.38. The van der Waals surface area contributed by atoms with E-state index in [0.29, 0.717) is 30.2 Å². The Morgan fingerprint density at radius 3 is 2.19 bits per heavy atom. The number of rotatable bonds is 5. The summed E-state index contributed by atoms with van der Waals surface area (Å²) in [4.78, 5) is 0. The minimum absolute atomic E-state index is 0.546. The first-order valence-corrected chi connectivity index (χ1v) is 5.66. The zero-order valence-electron chi connectivity index (χ0n) is 9.67. The van der Waals surface area contributed by atoms with E-state index in [1.165, 1.54) is 0 Å². The smallest absolute Gasteiger partial charge is 0.203 e. The second kappa shape index (κ2) is 5.96. The molecule has 2 N–H and O–H groups in total. The fourth-order valence-corrected chi connectivity index (χ4v) is 2.15. The van der Waals surface area contributed by atoms with Crippen molar-refractivity contribution in [2.24, 2.45) is 5.73 Å². The molecule has 5 heteroatoms. The second-order valence-corrected chi connectivity index (χ2v) is 4.00. The van der Waals surface area contributed by atoms with Gasteiger partial charge in [-0.15, -0.1) is 0 Å². The first kappa shape index (κ1) is 13.1. The van der Waals surface area contributed by atoms with Gasteiger partial charge in [0.25, 0.3) is 0 Å². The minimum Gasteiger partial charge on any atom is -0.493 e. The molecule has 0 atom stereocenters. The third-order valence-corrected chi connectivity index (χ3v) is 2.98. The number of nitrogens with two attached hydrogens (primary N) is 1. The van der Waals surface area contributed by atoms with Gasteiger partial charge in [-0.2, -0.15) is 0 Å². The number of methoxy groups -OCH3 is 3. The van der Waals surface area contributed by atoms with Crippen molar-refractivity contribution in [3.05, 3.63) is 16.1 Å². The lowest BCUT2D eigenvalue weighted by Crippen LogP contribution is -2.06. The highest BCUT2D eigenvalue weighted by molar-refractivity contribution is 9.10. The molecule has 0 bridgehead atoms. The van der Waals surface area contributed by atoms with E-state index in [0.717, 1.165) is 10.0 Å². The molecule has 90 valence electrons. The summed E-state index contributed by atoms with van der Waals surface area (Å²) in [5, 5.41) is 0. The van der Waals surface area contributed by atoms with Gasteiger partial charge in [-0.25, -0.2) is 0 Å². The van der Waals surface area contributed by atoms with E-state index < -0.39 is 0 Å². The predicted octanol–water partition coefficient (Wildman–Crippen LogP) is 1.98. The molecule has 0 unspecified atom stereocenters. The fourth-order valence-electron chi connectivity index (χ4n) is 1.56. The Morgan fingerprint density at radius 2 is 1.75 bits per heavy atom. The zero-order valence-corrected chi connectivity index (χ0v) is 11.3. The number of benzene rings is 1. The summed E-state index contributed by atoms with van der Waals surface area (Å²) in [7, 11) is 4.77. The highest BCUT2D eigenvalue weighted by Crippen LogP contribution is 2.43. The predicted molar refractivity (Wildman–Crippen MR) is 66.6 cm³/mol. The van der Waals surface area contributed by atoms with Crippen LogP contribution in [0.5, 0.6) is 17.2 Å². The fraction of sp³-hybridized carbons (Fsp3) is 0.455. The molecule has 1 aromatic rings. The zero-order chi connectivity index (χ0) is 12.1. The van der Waals surface area contributed by atoms with Crippen LogP contribution in [0, 0.1) is 0 Å². The van der Waals surface area contributed by atoms with Gasteiger partial charge < -0.3 is 19.9 Å². The quantitative estimate of drug-likeness (QED) is 0.901. The van der Waals surface area contributed by atoms with E-state index in [1.54, 1.807) is 21.3 Å². The van der Waals surface area contributed by atoms with Crippen LogP contribution in [-0.4, -0.2) is 27.9 Å². The van der Waals surface area contributed by atoms with Gasteiger partial charge in [0.1, 0.15) is 0 Å². The van der Waals surface area contributed by atoms with Crippen LogP contribution >= 0.6 is 15.9 Å². The third kappa shape index (κ3) is 2.41. The van der Waals surface area contributed by atoms with E-state index in [9.17, 15) is 0 Å². The maximum atomic E-state index is 5.57. The molecule has 0 aliphatic heterocycles. The van der Waals surface area contributed by atoms with E-state index >= 15 is 0 Å². The van der Waals surface area contributed by atoms with Gasteiger partial charge >= 0.3 is 0 Å². The van der Waals surface area contributed by atoms with Crippen molar-refractivity contribution in [3.8, 4) is 17.2 Å². The summed E-state index contributed by atoms with van der Waals surface area (Å²) >= 11 is 3.47. The number of hydrogen-bond acceptors (Lipinski definition) is 4. The Hall–Kier alpha value is -0.940. The highest BCUT2D eigenvalue weighted by Gasteiger charge is 2.18. The van der Waals surface area contributed by atoms with Crippen molar-refractivity contribution in [3.63, 3.8) is 0 Å². The van der Waals surface area contributed by atoms with Gasteiger partial charge in [0.05, 0.1) is 21.3 Å². The normalized spacial score (nSPS) is 10.1. The first-order chi connectivity index (χ1) is 7.69. The lowest BCUT2D eigenvalue weighted by Gasteiger charge is -2.17. The van der Waals surface area contributed by atoms with Crippen LogP contribution in [0.4, 0.5) is 0 Å². The molecule has 0 aromatic heterocycles. The Labute approximate surface area is 104 Å². The van der Waals surface area contributed by atoms with E-state index in [4.69, 9.17) is 19.9 Å². The Bertz CT molecular complexity index is 369. The Morgan fingerprint density at radius 1 is 1.12 bits per heavy atom. The average molecular weight is 290 g/mol. The molecule has 0 saturated carbocycles. The average Bonchev–Trinajstić information content (AvgIpc) is 2.30. The molecule has 1 rings (SSSR count). The summed E-state index contributed by atoms with van der Waals surface area (Å²) in [6.07, 6.45) is 0.712. The maximum absolute atomic E-state index is 5.57. The molecule has 0 aliphatic carbocycles. The topological polar surface area (TPSA) is 53.7 Å². The van der Waals surface area contributed by atoms with Crippen LogP contribution in [0.3, 0.4) is 0 Å². The largest absolute Gasteiger partial charge is 0.493 e. The molecule has 0 saturated heterocycles. The minimum atomic E-state index is 0.546. The SMILES string of the molecule is COc1cc(Br)c(CCN)c(OC)c1OC. The molecule has 0 fully saturated rings. The summed E-state index contributed by atoms with van der Waals surface area (Å²) < 4.78 is 16.8. The van der Waals surface area contributed by atoms with Gasteiger partial charge in [-0.1, -0.05) is 15.9 Å². The molecule has 1 aromatic carbocycles. The molecular formula is C11H16BrNO3. The lowest BCUT2D eigenvalue weighted by molar-refractivity contribution is 0.322. The van der Waals surface area contributed by atoms with Gasteiger partial charge in [0.2, 0.25) is 5.75 Å². The molecule has 0 spiro atoms. The highest BCUT2D eigenvalue weighted by atomic mass is 79.9. The molecule has 4 nitrogen and oxygen atoms in total. The summed E-state index contributed by atoms with van der Waals surface area (Å²) in [5.41, 5.74) is 6.56. The summed E-state index contributed by atoms with van der Waals surface area (Å²) in [6.45, 7) is 0.546. The van der Waals surface area contributed by atoms with E-state index in [2.05, 4.69) is 15.9 Å². The van der Waals surface area contributed by atoms with Crippen molar-refractivity contribution in [2.75, 3.05) is 27.9 Å². The number of halogens is 1. The monoisotopic (exact) mass is 289 g/mol. The van der Waals surface area contributed by atoms with Crippen molar-refractivity contribution >= 4 is 15.9 Å². The molecule has 0 heterocycles. The summed E-state index contributed by atoms with van der Waals surface area (Å²) in [6, 6.07) is 1.85. The molecular weight excluding hydrogens is 274 g/mol. The first-order valence-electron chi connectivity index (χ1n) is 4.87. The molecule has 0 aliphatic rings. The molecule has 16 heavy (non-hydrogen) atoms. The van der Waals surface area contributed by atoms with Crippen LogP contribution in [0.15, 0.2) is 10.5 Å². The van der Waals surface area contributed by atoms with Crippen LogP contribution in [0.1, 0.15) is 5.56 Å². The standard InChI is InChI=1S/C11H16BrNO3/c1-14-9-6-8(12)7(4-5-13)10(15-2)11(9)16-3/h6H,4-5,13H2,1-3H3.